The molecule has 2 aromatic rings. The predicted molar refractivity (Wildman–Crippen MR) is 82.3 cm³/mol. The van der Waals surface area contributed by atoms with Gasteiger partial charge in [-0.05, 0) is 17.5 Å². The van der Waals surface area contributed by atoms with Crippen molar-refractivity contribution in [2.45, 2.75) is 26.8 Å². The molecule has 3 rings (SSSR count). The Morgan fingerprint density at radius 3 is 1.90 bits per heavy atom. The Hall–Kier alpha value is -1.80. The number of para-hydroxylation sites is 2. The zero-order chi connectivity index (χ0) is 14.2. The lowest BCUT2D eigenvalue weighted by Crippen LogP contribution is -2.32. The SMILES string of the molecule is CC(C)(C)CNC1c2ccccc2Oc2ccccc21. The summed E-state index contributed by atoms with van der Waals surface area (Å²) in [5, 5.41) is 3.69. The highest BCUT2D eigenvalue weighted by molar-refractivity contribution is 5.52. The third kappa shape index (κ3) is 2.56. The predicted octanol–water partition coefficient (Wildman–Crippen LogP) is 4.52. The summed E-state index contributed by atoms with van der Waals surface area (Å²) in [6.07, 6.45) is 0. The molecule has 1 aliphatic heterocycles. The van der Waals surface area contributed by atoms with Crippen molar-refractivity contribution in [1.29, 1.82) is 0 Å². The van der Waals surface area contributed by atoms with E-state index in [1.165, 1.54) is 11.1 Å². The van der Waals surface area contributed by atoms with Crippen LogP contribution in [-0.4, -0.2) is 6.54 Å². The second kappa shape index (κ2) is 4.95. The maximum absolute atomic E-state index is 6.00. The lowest BCUT2D eigenvalue weighted by atomic mass is 9.91. The molecule has 2 aromatic carbocycles. The highest BCUT2D eigenvalue weighted by Crippen LogP contribution is 2.42. The van der Waals surface area contributed by atoms with E-state index in [1.54, 1.807) is 0 Å². The van der Waals surface area contributed by atoms with Crippen LogP contribution in [-0.2, 0) is 0 Å². The molecule has 20 heavy (non-hydrogen) atoms. The van der Waals surface area contributed by atoms with Crippen LogP contribution in [0.3, 0.4) is 0 Å². The molecule has 1 aliphatic rings. The number of ether oxygens (including phenoxy) is 1. The summed E-state index contributed by atoms with van der Waals surface area (Å²) in [6.45, 7) is 7.70. The molecule has 0 saturated heterocycles. The molecule has 0 aromatic heterocycles. The first kappa shape index (κ1) is 13.2. The van der Waals surface area contributed by atoms with E-state index in [9.17, 15) is 0 Å². The van der Waals surface area contributed by atoms with E-state index in [0.717, 1.165) is 18.0 Å². The molecule has 104 valence electrons. The molecular formula is C18H21NO. The number of hydrogen-bond donors (Lipinski definition) is 1. The standard InChI is InChI=1S/C18H21NO/c1-18(2,3)12-19-17-13-8-4-6-10-15(13)20-16-11-7-5-9-14(16)17/h4-11,17,19H,12H2,1-3H3. The third-order valence-corrected chi connectivity index (χ3v) is 3.52. The normalized spacial score (nSPS) is 14.3. The van der Waals surface area contributed by atoms with E-state index in [1.807, 2.05) is 24.3 Å². The maximum Gasteiger partial charge on any atom is 0.132 e. The van der Waals surface area contributed by atoms with E-state index >= 15 is 0 Å². The van der Waals surface area contributed by atoms with Gasteiger partial charge in [0.1, 0.15) is 11.5 Å². The van der Waals surface area contributed by atoms with E-state index in [-0.39, 0.29) is 11.5 Å². The van der Waals surface area contributed by atoms with Crippen molar-refractivity contribution in [2.75, 3.05) is 6.54 Å². The minimum absolute atomic E-state index is 0.204. The number of nitrogens with one attached hydrogen (secondary N) is 1. The number of rotatable bonds is 2. The topological polar surface area (TPSA) is 21.3 Å². The monoisotopic (exact) mass is 267 g/mol. The van der Waals surface area contributed by atoms with Crippen LogP contribution >= 0.6 is 0 Å². The van der Waals surface area contributed by atoms with Gasteiger partial charge in [0.05, 0.1) is 6.04 Å². The van der Waals surface area contributed by atoms with Gasteiger partial charge in [-0.15, -0.1) is 0 Å². The fraction of sp³-hybridized carbons (Fsp3) is 0.333. The Labute approximate surface area is 120 Å². The summed E-state index contributed by atoms with van der Waals surface area (Å²) >= 11 is 0. The second-order valence-electron chi connectivity index (χ2n) is 6.55. The summed E-state index contributed by atoms with van der Waals surface area (Å²) in [7, 11) is 0. The zero-order valence-electron chi connectivity index (χ0n) is 12.3. The molecule has 0 saturated carbocycles. The molecule has 0 aliphatic carbocycles. The molecule has 0 unspecified atom stereocenters. The Morgan fingerprint density at radius 2 is 1.40 bits per heavy atom. The number of hydrogen-bond acceptors (Lipinski definition) is 2. The summed E-state index contributed by atoms with van der Waals surface area (Å²) in [6, 6.07) is 16.8. The van der Waals surface area contributed by atoms with E-state index in [2.05, 4.69) is 50.4 Å². The number of fused-ring (bicyclic) bond motifs is 2. The lowest BCUT2D eigenvalue weighted by Gasteiger charge is -2.31. The van der Waals surface area contributed by atoms with Crippen LogP contribution in [0.1, 0.15) is 37.9 Å². The minimum atomic E-state index is 0.204. The largest absolute Gasteiger partial charge is 0.457 e. The van der Waals surface area contributed by atoms with Gasteiger partial charge in [-0.1, -0.05) is 57.2 Å². The highest BCUT2D eigenvalue weighted by Gasteiger charge is 2.27. The van der Waals surface area contributed by atoms with Gasteiger partial charge < -0.3 is 10.1 Å². The molecule has 0 radical (unpaired) electrons. The first-order valence-corrected chi connectivity index (χ1v) is 7.14. The van der Waals surface area contributed by atoms with Crippen LogP contribution in [0.15, 0.2) is 48.5 Å². The first-order chi connectivity index (χ1) is 9.54. The van der Waals surface area contributed by atoms with Gasteiger partial charge in [-0.25, -0.2) is 0 Å². The molecule has 0 amide bonds. The maximum atomic E-state index is 6.00. The Balaban J connectivity index is 1.99. The van der Waals surface area contributed by atoms with Crippen LogP contribution < -0.4 is 10.1 Å². The second-order valence-corrected chi connectivity index (χ2v) is 6.55. The lowest BCUT2D eigenvalue weighted by molar-refractivity contribution is 0.351. The summed E-state index contributed by atoms with van der Waals surface area (Å²) < 4.78 is 6.00. The minimum Gasteiger partial charge on any atom is -0.457 e. The van der Waals surface area contributed by atoms with Gasteiger partial charge in [0, 0.05) is 17.7 Å². The molecule has 1 heterocycles. The number of benzene rings is 2. The Bertz CT molecular complexity index is 567. The smallest absolute Gasteiger partial charge is 0.132 e. The van der Waals surface area contributed by atoms with Crippen molar-refractivity contribution in [3.63, 3.8) is 0 Å². The van der Waals surface area contributed by atoms with Gasteiger partial charge in [-0.3, -0.25) is 0 Å². The van der Waals surface area contributed by atoms with Gasteiger partial charge >= 0.3 is 0 Å². The molecule has 2 nitrogen and oxygen atoms in total. The molecular weight excluding hydrogens is 246 g/mol. The highest BCUT2D eigenvalue weighted by atomic mass is 16.5. The molecule has 0 spiro atoms. The summed E-state index contributed by atoms with van der Waals surface area (Å²) in [5.41, 5.74) is 2.69. The summed E-state index contributed by atoms with van der Waals surface area (Å²) in [4.78, 5) is 0. The van der Waals surface area contributed by atoms with Crippen molar-refractivity contribution in [3.8, 4) is 11.5 Å². The van der Waals surface area contributed by atoms with Crippen LogP contribution in [0, 0.1) is 5.41 Å². The van der Waals surface area contributed by atoms with Crippen LogP contribution in [0.2, 0.25) is 0 Å². The average Bonchev–Trinajstić information content (AvgIpc) is 2.42. The van der Waals surface area contributed by atoms with Crippen molar-refractivity contribution < 1.29 is 4.74 Å². The van der Waals surface area contributed by atoms with Crippen molar-refractivity contribution in [1.82, 2.24) is 5.32 Å². The van der Waals surface area contributed by atoms with Crippen molar-refractivity contribution in [2.24, 2.45) is 5.41 Å². The Kier molecular flexibility index (Phi) is 3.27. The van der Waals surface area contributed by atoms with E-state index in [0.29, 0.717) is 0 Å². The van der Waals surface area contributed by atoms with Gasteiger partial charge in [-0.2, -0.15) is 0 Å². The fourth-order valence-electron chi connectivity index (χ4n) is 2.54. The summed E-state index contributed by atoms with van der Waals surface area (Å²) in [5.74, 6) is 1.91. The molecule has 0 bridgehead atoms. The average molecular weight is 267 g/mol. The molecule has 0 fully saturated rings. The van der Waals surface area contributed by atoms with E-state index < -0.39 is 0 Å². The van der Waals surface area contributed by atoms with Gasteiger partial charge in [0.25, 0.3) is 0 Å². The van der Waals surface area contributed by atoms with Crippen LogP contribution in [0.25, 0.3) is 0 Å². The van der Waals surface area contributed by atoms with Crippen molar-refractivity contribution in [3.05, 3.63) is 59.7 Å². The van der Waals surface area contributed by atoms with Crippen LogP contribution in [0.5, 0.6) is 11.5 Å². The molecule has 2 heteroatoms. The Morgan fingerprint density at radius 1 is 0.900 bits per heavy atom. The van der Waals surface area contributed by atoms with E-state index in [4.69, 9.17) is 4.74 Å². The quantitative estimate of drug-likeness (QED) is 0.864. The van der Waals surface area contributed by atoms with Crippen LogP contribution in [0.4, 0.5) is 0 Å². The third-order valence-electron chi connectivity index (χ3n) is 3.52. The molecule has 0 atom stereocenters. The fourth-order valence-corrected chi connectivity index (χ4v) is 2.54. The van der Waals surface area contributed by atoms with Crippen molar-refractivity contribution >= 4 is 0 Å². The van der Waals surface area contributed by atoms with Gasteiger partial charge in [0.15, 0.2) is 0 Å². The first-order valence-electron chi connectivity index (χ1n) is 7.14. The molecule has 1 N–H and O–H groups in total. The zero-order valence-corrected chi connectivity index (χ0v) is 12.3. The van der Waals surface area contributed by atoms with Gasteiger partial charge in [0.2, 0.25) is 0 Å².